The fraction of sp³-hybridized carbons (Fsp3) is 0.316. The third-order valence-corrected chi connectivity index (χ3v) is 4.30. The second-order valence-corrected chi connectivity index (χ2v) is 6.38. The Morgan fingerprint density at radius 3 is 2.43 bits per heavy atom. The molecule has 0 aliphatic rings. The number of para-hydroxylation sites is 1. The number of carbonyl (C=O) groups excluding carboxylic acids is 1. The Labute approximate surface area is 142 Å². The van der Waals surface area contributed by atoms with E-state index in [9.17, 15) is 4.79 Å². The number of ether oxygens (including phenoxy) is 1. The molecule has 122 valence electrons. The zero-order chi connectivity index (χ0) is 16.8. The van der Waals surface area contributed by atoms with Crippen LogP contribution in [0.1, 0.15) is 24.5 Å². The Hall–Kier alpha value is -1.94. The van der Waals surface area contributed by atoms with Crippen molar-refractivity contribution in [3.05, 3.63) is 53.6 Å². The molecular formula is C19H23NO2S. The van der Waals surface area contributed by atoms with Crippen LogP contribution in [0.2, 0.25) is 0 Å². The van der Waals surface area contributed by atoms with E-state index >= 15 is 0 Å². The van der Waals surface area contributed by atoms with Crippen LogP contribution < -0.4 is 10.1 Å². The number of aryl methyl sites for hydroxylation is 2. The lowest BCUT2D eigenvalue weighted by molar-refractivity contribution is -0.122. The van der Waals surface area contributed by atoms with Crippen LogP contribution in [0.15, 0.2) is 47.4 Å². The molecule has 0 aliphatic heterocycles. The first-order chi connectivity index (χ1) is 11.0. The molecule has 0 aromatic heterocycles. The minimum absolute atomic E-state index is 0.117. The van der Waals surface area contributed by atoms with Crippen LogP contribution in [-0.4, -0.2) is 18.3 Å². The van der Waals surface area contributed by atoms with Gasteiger partial charge in [-0.3, -0.25) is 4.79 Å². The standard InChI is InChI=1S/C19H23NO2S/c1-5-17(22-15-11-13(2)10-14(3)12-15)19(21)20-16-8-6-7-9-18(16)23-4/h6-12,17H,5H2,1-4H3,(H,20,21)/t17-/m1/s1. The Morgan fingerprint density at radius 1 is 1.17 bits per heavy atom. The summed E-state index contributed by atoms with van der Waals surface area (Å²) in [5.41, 5.74) is 3.08. The Balaban J connectivity index is 2.12. The molecule has 0 saturated carbocycles. The summed E-state index contributed by atoms with van der Waals surface area (Å²) in [6.07, 6.45) is 2.10. The molecule has 0 bridgehead atoms. The van der Waals surface area contributed by atoms with E-state index in [4.69, 9.17) is 4.74 Å². The van der Waals surface area contributed by atoms with Crippen LogP contribution in [0, 0.1) is 13.8 Å². The number of hydrogen-bond acceptors (Lipinski definition) is 3. The van der Waals surface area contributed by atoms with E-state index in [0.29, 0.717) is 6.42 Å². The highest BCUT2D eigenvalue weighted by atomic mass is 32.2. The van der Waals surface area contributed by atoms with Crippen molar-refractivity contribution in [2.24, 2.45) is 0 Å². The van der Waals surface area contributed by atoms with Gasteiger partial charge in [0, 0.05) is 4.90 Å². The summed E-state index contributed by atoms with van der Waals surface area (Å²) in [6.45, 7) is 6.00. The van der Waals surface area contributed by atoms with E-state index in [-0.39, 0.29) is 5.91 Å². The second-order valence-electron chi connectivity index (χ2n) is 5.53. The molecule has 1 N–H and O–H groups in total. The summed E-state index contributed by atoms with van der Waals surface area (Å²) in [7, 11) is 0. The van der Waals surface area contributed by atoms with Gasteiger partial charge in [-0.1, -0.05) is 25.1 Å². The molecule has 0 radical (unpaired) electrons. The number of rotatable bonds is 6. The molecule has 0 saturated heterocycles. The van der Waals surface area contributed by atoms with Crippen LogP contribution in [0.3, 0.4) is 0 Å². The Kier molecular flexibility index (Phi) is 6.11. The van der Waals surface area contributed by atoms with E-state index in [0.717, 1.165) is 27.5 Å². The first-order valence-corrected chi connectivity index (χ1v) is 8.94. The van der Waals surface area contributed by atoms with E-state index in [2.05, 4.69) is 11.4 Å². The fourth-order valence-corrected chi connectivity index (χ4v) is 3.00. The van der Waals surface area contributed by atoms with Crippen molar-refractivity contribution in [2.75, 3.05) is 11.6 Å². The van der Waals surface area contributed by atoms with Crippen molar-refractivity contribution in [1.82, 2.24) is 0 Å². The number of carbonyl (C=O) groups is 1. The maximum Gasteiger partial charge on any atom is 0.265 e. The van der Waals surface area contributed by atoms with Gasteiger partial charge >= 0.3 is 0 Å². The quantitative estimate of drug-likeness (QED) is 0.772. The zero-order valence-corrected chi connectivity index (χ0v) is 14.9. The predicted octanol–water partition coefficient (Wildman–Crippen LogP) is 4.82. The van der Waals surface area contributed by atoms with Crippen molar-refractivity contribution >= 4 is 23.4 Å². The third-order valence-electron chi connectivity index (χ3n) is 3.50. The first kappa shape index (κ1) is 17.4. The van der Waals surface area contributed by atoms with E-state index in [1.54, 1.807) is 11.8 Å². The number of benzene rings is 2. The molecule has 0 heterocycles. The molecule has 2 aromatic carbocycles. The van der Waals surface area contributed by atoms with Crippen molar-refractivity contribution in [2.45, 2.75) is 38.2 Å². The van der Waals surface area contributed by atoms with Gasteiger partial charge in [-0.15, -0.1) is 11.8 Å². The largest absolute Gasteiger partial charge is 0.481 e. The minimum Gasteiger partial charge on any atom is -0.481 e. The smallest absolute Gasteiger partial charge is 0.265 e. The average Bonchev–Trinajstić information content (AvgIpc) is 2.52. The first-order valence-electron chi connectivity index (χ1n) is 7.72. The second kappa shape index (κ2) is 8.06. The Bertz CT molecular complexity index is 665. The lowest BCUT2D eigenvalue weighted by Crippen LogP contribution is -2.32. The molecule has 0 unspecified atom stereocenters. The SMILES string of the molecule is CC[C@@H](Oc1cc(C)cc(C)c1)C(=O)Nc1ccccc1SC. The summed E-state index contributed by atoms with van der Waals surface area (Å²) < 4.78 is 5.91. The van der Waals surface area contributed by atoms with Gasteiger partial charge < -0.3 is 10.1 Å². The van der Waals surface area contributed by atoms with Gasteiger partial charge in [0.1, 0.15) is 5.75 Å². The van der Waals surface area contributed by atoms with Crippen molar-refractivity contribution in [3.63, 3.8) is 0 Å². The van der Waals surface area contributed by atoms with Gasteiger partial charge in [-0.25, -0.2) is 0 Å². The van der Waals surface area contributed by atoms with Gasteiger partial charge in [0.2, 0.25) is 0 Å². The molecule has 3 nitrogen and oxygen atoms in total. The maximum absolute atomic E-state index is 12.5. The fourth-order valence-electron chi connectivity index (χ4n) is 2.45. The Morgan fingerprint density at radius 2 is 1.83 bits per heavy atom. The van der Waals surface area contributed by atoms with Crippen LogP contribution in [0.25, 0.3) is 0 Å². The number of nitrogens with one attached hydrogen (secondary N) is 1. The summed E-state index contributed by atoms with van der Waals surface area (Å²) >= 11 is 1.61. The average molecular weight is 329 g/mol. The normalized spacial score (nSPS) is 11.8. The van der Waals surface area contributed by atoms with Crippen LogP contribution in [0.4, 0.5) is 5.69 Å². The van der Waals surface area contributed by atoms with Crippen molar-refractivity contribution in [1.29, 1.82) is 0 Å². The van der Waals surface area contributed by atoms with Crippen molar-refractivity contribution < 1.29 is 9.53 Å². The summed E-state index contributed by atoms with van der Waals surface area (Å²) in [5.74, 6) is 0.621. The lowest BCUT2D eigenvalue weighted by Gasteiger charge is -2.19. The van der Waals surface area contributed by atoms with Crippen LogP contribution >= 0.6 is 11.8 Å². The summed E-state index contributed by atoms with van der Waals surface area (Å²) in [6, 6.07) is 13.8. The minimum atomic E-state index is -0.508. The summed E-state index contributed by atoms with van der Waals surface area (Å²) in [4.78, 5) is 13.6. The van der Waals surface area contributed by atoms with Gasteiger partial charge in [0.05, 0.1) is 5.69 Å². The van der Waals surface area contributed by atoms with Gasteiger partial charge in [0.25, 0.3) is 5.91 Å². The molecule has 0 fully saturated rings. The topological polar surface area (TPSA) is 38.3 Å². The van der Waals surface area contributed by atoms with Crippen LogP contribution in [0.5, 0.6) is 5.75 Å². The molecule has 0 aliphatic carbocycles. The third kappa shape index (κ3) is 4.76. The molecule has 0 spiro atoms. The highest BCUT2D eigenvalue weighted by molar-refractivity contribution is 7.98. The van der Waals surface area contributed by atoms with E-state index in [1.165, 1.54) is 0 Å². The van der Waals surface area contributed by atoms with E-state index in [1.807, 2.05) is 63.4 Å². The molecule has 2 aromatic rings. The highest BCUT2D eigenvalue weighted by Gasteiger charge is 2.19. The number of thioether (sulfide) groups is 1. The molecule has 2 rings (SSSR count). The number of hydrogen-bond donors (Lipinski definition) is 1. The van der Waals surface area contributed by atoms with Crippen LogP contribution in [-0.2, 0) is 4.79 Å². The van der Waals surface area contributed by atoms with E-state index < -0.39 is 6.10 Å². The molecule has 1 atom stereocenters. The lowest BCUT2D eigenvalue weighted by atomic mass is 10.1. The van der Waals surface area contributed by atoms with Gasteiger partial charge in [-0.05, 0) is 61.9 Å². The number of anilines is 1. The maximum atomic E-state index is 12.5. The molecule has 1 amide bonds. The molecule has 4 heteroatoms. The summed E-state index contributed by atoms with van der Waals surface area (Å²) in [5, 5.41) is 2.98. The molecule has 23 heavy (non-hydrogen) atoms. The van der Waals surface area contributed by atoms with Crippen molar-refractivity contribution in [3.8, 4) is 5.75 Å². The highest BCUT2D eigenvalue weighted by Crippen LogP contribution is 2.25. The monoisotopic (exact) mass is 329 g/mol. The molecular weight excluding hydrogens is 306 g/mol. The van der Waals surface area contributed by atoms with Gasteiger partial charge in [-0.2, -0.15) is 0 Å². The zero-order valence-electron chi connectivity index (χ0n) is 14.1. The predicted molar refractivity (Wildman–Crippen MR) is 97.5 cm³/mol. The number of amides is 1. The van der Waals surface area contributed by atoms with Gasteiger partial charge in [0.15, 0.2) is 6.10 Å².